The largest absolute Gasteiger partial charge is 0.469 e. The van der Waals surface area contributed by atoms with Crippen LogP contribution in [-0.4, -0.2) is 72.6 Å². The van der Waals surface area contributed by atoms with Gasteiger partial charge in [-0.05, 0) is 19.1 Å². The molecule has 1 aliphatic heterocycles. The number of methoxy groups -OCH3 is 1. The number of amides is 1. The van der Waals surface area contributed by atoms with E-state index >= 15 is 0 Å². The molecule has 3 rings (SSSR count). The third kappa shape index (κ3) is 5.34. The maximum Gasteiger partial charge on any atom is 0.360 e. The van der Waals surface area contributed by atoms with Crippen LogP contribution in [0.1, 0.15) is 30.3 Å². The topological polar surface area (TPSA) is 102 Å². The molecular weight excluding hydrogens is 447 g/mol. The Hall–Kier alpha value is -2.65. The average molecular weight is 469 g/mol. The van der Waals surface area contributed by atoms with E-state index in [1.807, 2.05) is 4.90 Å². The standard InChI is InChI=1S/C20H22Cl2N4O5/c1-3-31-20(29)18-19(24-15-11-13(22)12(21)10-14(15)23-18)26-8-6-25(7-9-26)16(27)4-5-17(28)30-2/h10-11H,3-9H2,1-2H3. The number of anilines is 1. The van der Waals surface area contributed by atoms with Crippen molar-refractivity contribution < 1.29 is 23.9 Å². The number of carbonyl (C=O) groups excluding carboxylic acids is 3. The highest BCUT2D eigenvalue weighted by molar-refractivity contribution is 6.42. The maximum atomic E-state index is 12.5. The van der Waals surface area contributed by atoms with Gasteiger partial charge in [0, 0.05) is 32.6 Å². The predicted octanol–water partition coefficient (Wildman–Crippen LogP) is 2.72. The van der Waals surface area contributed by atoms with E-state index in [-0.39, 0.29) is 31.0 Å². The zero-order valence-electron chi connectivity index (χ0n) is 17.2. The second-order valence-corrected chi connectivity index (χ2v) is 7.63. The van der Waals surface area contributed by atoms with Gasteiger partial charge in [-0.25, -0.2) is 14.8 Å². The van der Waals surface area contributed by atoms with E-state index in [4.69, 9.17) is 27.9 Å². The van der Waals surface area contributed by atoms with Gasteiger partial charge in [-0.2, -0.15) is 0 Å². The molecule has 0 saturated carbocycles. The Morgan fingerprint density at radius 1 is 1.00 bits per heavy atom. The van der Waals surface area contributed by atoms with E-state index in [1.165, 1.54) is 7.11 Å². The molecule has 166 valence electrons. The number of piperazine rings is 1. The van der Waals surface area contributed by atoms with Crippen LogP contribution in [0, 0.1) is 0 Å². The number of hydrogen-bond acceptors (Lipinski definition) is 8. The van der Waals surface area contributed by atoms with Crippen LogP contribution in [0.5, 0.6) is 0 Å². The number of esters is 2. The van der Waals surface area contributed by atoms with Crippen LogP contribution in [0.4, 0.5) is 5.82 Å². The highest BCUT2D eigenvalue weighted by Gasteiger charge is 2.27. The van der Waals surface area contributed by atoms with Crippen LogP contribution in [0.25, 0.3) is 11.0 Å². The molecule has 1 aromatic carbocycles. The Morgan fingerprint density at radius 2 is 1.61 bits per heavy atom. The van der Waals surface area contributed by atoms with Crippen LogP contribution in [0.3, 0.4) is 0 Å². The van der Waals surface area contributed by atoms with Crippen LogP contribution in [-0.2, 0) is 19.1 Å². The van der Waals surface area contributed by atoms with Gasteiger partial charge in [0.2, 0.25) is 5.91 Å². The lowest BCUT2D eigenvalue weighted by Crippen LogP contribution is -2.49. The monoisotopic (exact) mass is 468 g/mol. The first-order valence-electron chi connectivity index (χ1n) is 9.77. The summed E-state index contributed by atoms with van der Waals surface area (Å²) in [4.78, 5) is 48.7. The molecule has 1 saturated heterocycles. The van der Waals surface area contributed by atoms with E-state index in [1.54, 1.807) is 24.0 Å². The van der Waals surface area contributed by atoms with E-state index < -0.39 is 11.9 Å². The summed E-state index contributed by atoms with van der Waals surface area (Å²) < 4.78 is 9.73. The number of hydrogen-bond donors (Lipinski definition) is 0. The summed E-state index contributed by atoms with van der Waals surface area (Å²) in [6, 6.07) is 3.15. The number of carbonyl (C=O) groups is 3. The summed E-state index contributed by atoms with van der Waals surface area (Å²) in [5.74, 6) is -0.765. The molecule has 1 fully saturated rings. The molecule has 0 spiro atoms. The van der Waals surface area contributed by atoms with Crippen molar-refractivity contribution in [3.8, 4) is 0 Å². The quantitative estimate of drug-likeness (QED) is 0.596. The summed E-state index contributed by atoms with van der Waals surface area (Å²) in [6.45, 7) is 3.63. The van der Waals surface area contributed by atoms with Gasteiger partial charge in [0.1, 0.15) is 0 Å². The molecule has 0 unspecified atom stereocenters. The SMILES string of the molecule is CCOC(=O)c1nc2cc(Cl)c(Cl)cc2nc1N1CCN(C(=O)CCC(=O)OC)CC1. The van der Waals surface area contributed by atoms with Crippen molar-refractivity contribution in [3.05, 3.63) is 27.9 Å². The first-order valence-corrected chi connectivity index (χ1v) is 10.5. The molecule has 1 aliphatic rings. The van der Waals surface area contributed by atoms with E-state index in [0.717, 1.165) is 0 Å². The first kappa shape index (κ1) is 23.0. The van der Waals surface area contributed by atoms with Gasteiger partial charge in [0.05, 0.1) is 41.2 Å². The molecule has 0 aliphatic carbocycles. The smallest absolute Gasteiger partial charge is 0.360 e. The molecular formula is C20H22Cl2N4O5. The fourth-order valence-corrected chi connectivity index (χ4v) is 3.55. The normalized spacial score (nSPS) is 13.9. The molecule has 2 heterocycles. The number of nitrogens with zero attached hydrogens (tertiary/aromatic N) is 4. The number of rotatable bonds is 6. The predicted molar refractivity (Wildman–Crippen MR) is 116 cm³/mol. The summed E-state index contributed by atoms with van der Waals surface area (Å²) >= 11 is 12.2. The lowest BCUT2D eigenvalue weighted by molar-refractivity contribution is -0.143. The van der Waals surface area contributed by atoms with Crippen molar-refractivity contribution in [2.24, 2.45) is 0 Å². The zero-order chi connectivity index (χ0) is 22.5. The minimum atomic E-state index is -0.588. The Labute approximate surface area is 189 Å². The van der Waals surface area contributed by atoms with Crippen LogP contribution in [0.15, 0.2) is 12.1 Å². The van der Waals surface area contributed by atoms with Gasteiger partial charge in [-0.3, -0.25) is 9.59 Å². The van der Waals surface area contributed by atoms with Crippen molar-refractivity contribution in [1.82, 2.24) is 14.9 Å². The van der Waals surface area contributed by atoms with Crippen molar-refractivity contribution in [3.63, 3.8) is 0 Å². The Balaban J connectivity index is 1.82. The minimum absolute atomic E-state index is 0.0437. The maximum absolute atomic E-state index is 12.5. The van der Waals surface area contributed by atoms with E-state index in [9.17, 15) is 14.4 Å². The lowest BCUT2D eigenvalue weighted by Gasteiger charge is -2.35. The zero-order valence-corrected chi connectivity index (χ0v) is 18.7. The molecule has 0 radical (unpaired) electrons. The van der Waals surface area contributed by atoms with Gasteiger partial charge in [0.25, 0.3) is 0 Å². The average Bonchev–Trinajstić information content (AvgIpc) is 2.77. The number of fused-ring (bicyclic) bond motifs is 1. The van der Waals surface area contributed by atoms with Gasteiger partial charge in [-0.1, -0.05) is 23.2 Å². The Morgan fingerprint density at radius 3 is 2.19 bits per heavy atom. The highest BCUT2D eigenvalue weighted by Crippen LogP contribution is 2.29. The molecule has 1 aromatic heterocycles. The van der Waals surface area contributed by atoms with Crippen molar-refractivity contribution in [2.45, 2.75) is 19.8 Å². The van der Waals surface area contributed by atoms with Crippen molar-refractivity contribution in [1.29, 1.82) is 0 Å². The Bertz CT molecular complexity index is 1010. The molecule has 11 heteroatoms. The van der Waals surface area contributed by atoms with Gasteiger partial charge in [-0.15, -0.1) is 0 Å². The van der Waals surface area contributed by atoms with Crippen molar-refractivity contribution in [2.75, 3.05) is 44.8 Å². The lowest BCUT2D eigenvalue weighted by atomic mass is 10.2. The van der Waals surface area contributed by atoms with Gasteiger partial charge in [0.15, 0.2) is 11.5 Å². The fourth-order valence-electron chi connectivity index (χ4n) is 3.24. The van der Waals surface area contributed by atoms with E-state index in [2.05, 4.69) is 14.7 Å². The second kappa shape index (κ2) is 10.1. The molecule has 1 amide bonds. The molecule has 31 heavy (non-hydrogen) atoms. The number of halogens is 2. The summed E-state index contributed by atoms with van der Waals surface area (Å²) in [7, 11) is 1.29. The molecule has 9 nitrogen and oxygen atoms in total. The summed E-state index contributed by atoms with van der Waals surface area (Å²) in [5.41, 5.74) is 1.00. The summed E-state index contributed by atoms with van der Waals surface area (Å²) in [5, 5.41) is 0.643. The van der Waals surface area contributed by atoms with Crippen LogP contribution in [0.2, 0.25) is 10.0 Å². The van der Waals surface area contributed by atoms with Crippen molar-refractivity contribution >= 4 is 57.9 Å². The molecule has 0 atom stereocenters. The molecule has 0 N–H and O–H groups in total. The third-order valence-corrected chi connectivity index (χ3v) is 5.58. The second-order valence-electron chi connectivity index (χ2n) is 6.82. The van der Waals surface area contributed by atoms with Gasteiger partial charge < -0.3 is 19.3 Å². The highest BCUT2D eigenvalue weighted by atomic mass is 35.5. The molecule has 2 aromatic rings. The summed E-state index contributed by atoms with van der Waals surface area (Å²) in [6.07, 6.45) is 0.137. The van der Waals surface area contributed by atoms with Crippen LogP contribution < -0.4 is 4.90 Å². The number of benzene rings is 1. The van der Waals surface area contributed by atoms with Gasteiger partial charge >= 0.3 is 11.9 Å². The Kier molecular flexibility index (Phi) is 7.50. The number of aromatic nitrogens is 2. The third-order valence-electron chi connectivity index (χ3n) is 4.86. The van der Waals surface area contributed by atoms with Crippen LogP contribution >= 0.6 is 23.2 Å². The minimum Gasteiger partial charge on any atom is -0.469 e. The fraction of sp³-hybridized carbons (Fsp3) is 0.450. The first-order chi connectivity index (χ1) is 14.8. The number of ether oxygens (including phenoxy) is 2. The van der Waals surface area contributed by atoms with E-state index in [0.29, 0.717) is 53.1 Å². The molecule has 0 bridgehead atoms.